The number of halogens is 1. The molecule has 2 aliphatic heterocycles. The van der Waals surface area contributed by atoms with Crippen molar-refractivity contribution in [1.29, 1.82) is 0 Å². The zero-order valence-corrected chi connectivity index (χ0v) is 14.2. The van der Waals surface area contributed by atoms with Gasteiger partial charge in [-0.1, -0.05) is 0 Å². The second-order valence-corrected chi connectivity index (χ2v) is 5.06. The maximum absolute atomic E-state index is 5.58. The zero-order chi connectivity index (χ0) is 12.6. The Morgan fingerprint density at radius 1 is 1.26 bits per heavy atom. The lowest BCUT2D eigenvalue weighted by molar-refractivity contribution is 0.114. The van der Waals surface area contributed by atoms with Gasteiger partial charge < -0.3 is 20.3 Å². The Bertz CT molecular complexity index is 263. The van der Waals surface area contributed by atoms with E-state index in [0.29, 0.717) is 6.10 Å². The van der Waals surface area contributed by atoms with Gasteiger partial charge in [0.05, 0.1) is 6.10 Å². The highest BCUT2D eigenvalue weighted by Gasteiger charge is 2.15. The molecule has 2 aliphatic rings. The van der Waals surface area contributed by atoms with Crippen molar-refractivity contribution in [3.63, 3.8) is 0 Å². The van der Waals surface area contributed by atoms with Crippen molar-refractivity contribution in [1.82, 2.24) is 15.5 Å². The van der Waals surface area contributed by atoms with E-state index in [1.165, 1.54) is 32.4 Å². The number of aliphatic imine (C=N–C) groups is 1. The summed E-state index contributed by atoms with van der Waals surface area (Å²) in [6.45, 7) is 6.36. The average molecular weight is 382 g/mol. The van der Waals surface area contributed by atoms with Crippen LogP contribution in [0.15, 0.2) is 4.99 Å². The molecule has 0 spiro atoms. The largest absolute Gasteiger partial charge is 0.376 e. The van der Waals surface area contributed by atoms with Crippen LogP contribution in [-0.2, 0) is 4.74 Å². The van der Waals surface area contributed by atoms with Gasteiger partial charge in [-0.25, -0.2) is 0 Å². The molecule has 19 heavy (non-hydrogen) atoms. The standard InChI is InChI=1S/C13H26N4O.HI/c1-14-13(16-11-12-5-4-10-18-12)15-6-9-17-7-2-3-8-17;/h12H,2-11H2,1H3,(H2,14,15,16);1H. The minimum atomic E-state index is 0. The molecule has 0 saturated carbocycles. The predicted molar refractivity (Wildman–Crippen MR) is 89.4 cm³/mol. The van der Waals surface area contributed by atoms with Crippen LogP contribution in [0.1, 0.15) is 25.7 Å². The topological polar surface area (TPSA) is 48.9 Å². The molecule has 0 aromatic rings. The lowest BCUT2D eigenvalue weighted by Crippen LogP contribution is -2.43. The minimum absolute atomic E-state index is 0. The molecule has 0 bridgehead atoms. The van der Waals surface area contributed by atoms with Gasteiger partial charge >= 0.3 is 0 Å². The SMILES string of the molecule is CN=C(NCCN1CCCC1)NCC1CCCO1.I. The van der Waals surface area contributed by atoms with Crippen LogP contribution in [0.2, 0.25) is 0 Å². The Kier molecular flexibility index (Phi) is 8.72. The first kappa shape index (κ1) is 17.0. The number of ether oxygens (including phenoxy) is 1. The number of guanidine groups is 1. The molecule has 0 radical (unpaired) electrons. The third-order valence-corrected chi connectivity index (χ3v) is 3.66. The smallest absolute Gasteiger partial charge is 0.191 e. The molecule has 2 fully saturated rings. The van der Waals surface area contributed by atoms with E-state index in [0.717, 1.165) is 38.6 Å². The molecule has 1 unspecified atom stereocenters. The summed E-state index contributed by atoms with van der Waals surface area (Å²) in [5.74, 6) is 0.893. The first-order valence-corrected chi connectivity index (χ1v) is 7.17. The Labute approximate surface area is 133 Å². The van der Waals surface area contributed by atoms with Gasteiger partial charge in [-0.05, 0) is 38.8 Å². The molecule has 112 valence electrons. The number of hydrogen-bond acceptors (Lipinski definition) is 3. The number of rotatable bonds is 5. The minimum Gasteiger partial charge on any atom is -0.376 e. The highest BCUT2D eigenvalue weighted by atomic mass is 127. The van der Waals surface area contributed by atoms with Crippen LogP contribution in [0.4, 0.5) is 0 Å². The van der Waals surface area contributed by atoms with Crippen LogP contribution in [0.5, 0.6) is 0 Å². The van der Waals surface area contributed by atoms with E-state index in [2.05, 4.69) is 20.5 Å². The monoisotopic (exact) mass is 382 g/mol. The average Bonchev–Trinajstić information content (AvgIpc) is 3.06. The molecule has 5 nitrogen and oxygen atoms in total. The maximum Gasteiger partial charge on any atom is 0.191 e. The van der Waals surface area contributed by atoms with Gasteiger partial charge in [-0.15, -0.1) is 24.0 Å². The van der Waals surface area contributed by atoms with Crippen molar-refractivity contribution in [2.45, 2.75) is 31.8 Å². The van der Waals surface area contributed by atoms with E-state index in [4.69, 9.17) is 4.74 Å². The molecule has 1 atom stereocenters. The summed E-state index contributed by atoms with van der Waals surface area (Å²) < 4.78 is 5.58. The van der Waals surface area contributed by atoms with Gasteiger partial charge in [0.1, 0.15) is 0 Å². The molecule has 6 heteroatoms. The van der Waals surface area contributed by atoms with E-state index in [1.54, 1.807) is 0 Å². The van der Waals surface area contributed by atoms with Crippen molar-refractivity contribution < 1.29 is 4.74 Å². The van der Waals surface area contributed by atoms with Crippen LogP contribution >= 0.6 is 24.0 Å². The number of hydrogen-bond donors (Lipinski definition) is 2. The highest BCUT2D eigenvalue weighted by Crippen LogP contribution is 2.10. The third-order valence-electron chi connectivity index (χ3n) is 3.66. The van der Waals surface area contributed by atoms with Crippen molar-refractivity contribution in [3.8, 4) is 0 Å². The lowest BCUT2D eigenvalue weighted by atomic mass is 10.2. The molecule has 2 heterocycles. The predicted octanol–water partition coefficient (Wildman–Crippen LogP) is 1.04. The maximum atomic E-state index is 5.58. The third kappa shape index (κ3) is 6.27. The Hall–Kier alpha value is -0.0800. The van der Waals surface area contributed by atoms with Crippen LogP contribution < -0.4 is 10.6 Å². The summed E-state index contributed by atoms with van der Waals surface area (Å²) in [5, 5.41) is 6.69. The van der Waals surface area contributed by atoms with E-state index >= 15 is 0 Å². The highest BCUT2D eigenvalue weighted by molar-refractivity contribution is 14.0. The first-order chi connectivity index (χ1) is 8.88. The number of likely N-dealkylation sites (tertiary alicyclic amines) is 1. The summed E-state index contributed by atoms with van der Waals surface area (Å²) in [6.07, 6.45) is 5.42. The summed E-state index contributed by atoms with van der Waals surface area (Å²) >= 11 is 0. The zero-order valence-electron chi connectivity index (χ0n) is 11.9. The second kappa shape index (κ2) is 9.77. The van der Waals surface area contributed by atoms with Crippen LogP contribution in [0.3, 0.4) is 0 Å². The fourth-order valence-electron chi connectivity index (χ4n) is 2.58. The molecule has 0 aliphatic carbocycles. The Morgan fingerprint density at radius 3 is 2.68 bits per heavy atom. The molecular weight excluding hydrogens is 355 g/mol. The van der Waals surface area contributed by atoms with E-state index in [-0.39, 0.29) is 24.0 Å². The summed E-state index contributed by atoms with van der Waals surface area (Å²) in [4.78, 5) is 6.73. The molecule has 0 amide bonds. The van der Waals surface area contributed by atoms with Gasteiger partial charge in [-0.3, -0.25) is 4.99 Å². The van der Waals surface area contributed by atoms with Crippen molar-refractivity contribution >= 4 is 29.9 Å². The normalized spacial score (nSPS) is 24.3. The Morgan fingerprint density at radius 2 is 2.05 bits per heavy atom. The van der Waals surface area contributed by atoms with Crippen molar-refractivity contribution in [2.75, 3.05) is 46.4 Å². The first-order valence-electron chi connectivity index (χ1n) is 7.17. The van der Waals surface area contributed by atoms with Crippen molar-refractivity contribution in [3.05, 3.63) is 0 Å². The molecular formula is C13H27IN4O. The van der Waals surface area contributed by atoms with Crippen LogP contribution in [0, 0.1) is 0 Å². The Balaban J connectivity index is 0.00000180. The lowest BCUT2D eigenvalue weighted by Gasteiger charge is -2.18. The van der Waals surface area contributed by atoms with E-state index in [1.807, 2.05) is 7.05 Å². The molecule has 2 saturated heterocycles. The quantitative estimate of drug-likeness (QED) is 0.424. The van der Waals surface area contributed by atoms with Gasteiger partial charge in [0.15, 0.2) is 5.96 Å². The molecule has 2 rings (SSSR count). The molecule has 0 aromatic heterocycles. The van der Waals surface area contributed by atoms with Crippen LogP contribution in [-0.4, -0.2) is 63.3 Å². The summed E-state index contributed by atoms with van der Waals surface area (Å²) in [6, 6.07) is 0. The number of nitrogens with one attached hydrogen (secondary N) is 2. The van der Waals surface area contributed by atoms with E-state index in [9.17, 15) is 0 Å². The summed E-state index contributed by atoms with van der Waals surface area (Å²) in [7, 11) is 1.82. The summed E-state index contributed by atoms with van der Waals surface area (Å²) in [5.41, 5.74) is 0. The van der Waals surface area contributed by atoms with Gasteiger partial charge in [0.25, 0.3) is 0 Å². The van der Waals surface area contributed by atoms with E-state index < -0.39 is 0 Å². The fraction of sp³-hybridized carbons (Fsp3) is 0.923. The van der Waals surface area contributed by atoms with Gasteiger partial charge in [0.2, 0.25) is 0 Å². The van der Waals surface area contributed by atoms with Gasteiger partial charge in [-0.2, -0.15) is 0 Å². The molecule has 2 N–H and O–H groups in total. The number of nitrogens with zero attached hydrogens (tertiary/aromatic N) is 2. The second-order valence-electron chi connectivity index (χ2n) is 5.06. The van der Waals surface area contributed by atoms with Gasteiger partial charge in [0, 0.05) is 33.3 Å². The fourth-order valence-corrected chi connectivity index (χ4v) is 2.58. The van der Waals surface area contributed by atoms with Crippen LogP contribution in [0.25, 0.3) is 0 Å². The molecule has 0 aromatic carbocycles. The van der Waals surface area contributed by atoms with Crippen molar-refractivity contribution in [2.24, 2.45) is 4.99 Å².